The van der Waals surface area contributed by atoms with Crippen molar-refractivity contribution in [2.75, 3.05) is 38.1 Å². The highest BCUT2D eigenvalue weighted by Crippen LogP contribution is 2.24. The summed E-state index contributed by atoms with van der Waals surface area (Å²) in [6, 6.07) is 0.0505. The zero-order valence-corrected chi connectivity index (χ0v) is 12.0. The van der Waals surface area contributed by atoms with E-state index in [0.717, 1.165) is 50.5 Å². The van der Waals surface area contributed by atoms with Crippen LogP contribution in [0.4, 0.5) is 5.95 Å². The SMILES string of the molecule is CN1CCN(c2noc(C3Cc4nc[nH]c4CN3)n2)CC1. The van der Waals surface area contributed by atoms with Crippen LogP contribution in [-0.2, 0) is 13.0 Å². The van der Waals surface area contributed by atoms with Crippen LogP contribution in [0.15, 0.2) is 10.9 Å². The molecule has 0 radical (unpaired) electrons. The highest BCUT2D eigenvalue weighted by atomic mass is 16.5. The largest absolute Gasteiger partial charge is 0.347 e. The summed E-state index contributed by atoms with van der Waals surface area (Å²) in [6.45, 7) is 4.70. The smallest absolute Gasteiger partial charge is 0.266 e. The first-order valence-corrected chi connectivity index (χ1v) is 7.31. The Bertz CT molecular complexity index is 614. The van der Waals surface area contributed by atoms with Gasteiger partial charge in [0.05, 0.1) is 23.8 Å². The Morgan fingerprint density at radius 1 is 1.29 bits per heavy atom. The Balaban J connectivity index is 1.48. The number of imidazole rings is 1. The topological polar surface area (TPSA) is 86.1 Å². The summed E-state index contributed by atoms with van der Waals surface area (Å²) < 4.78 is 5.46. The number of aromatic amines is 1. The summed E-state index contributed by atoms with van der Waals surface area (Å²) in [4.78, 5) is 16.5. The molecule has 112 valence electrons. The molecule has 2 aliphatic heterocycles. The van der Waals surface area contributed by atoms with E-state index in [0.29, 0.717) is 11.8 Å². The van der Waals surface area contributed by atoms with E-state index in [1.807, 2.05) is 0 Å². The van der Waals surface area contributed by atoms with Crippen molar-refractivity contribution in [2.24, 2.45) is 0 Å². The summed E-state index contributed by atoms with van der Waals surface area (Å²) in [7, 11) is 2.13. The van der Waals surface area contributed by atoms with Gasteiger partial charge >= 0.3 is 0 Å². The number of piperazine rings is 1. The van der Waals surface area contributed by atoms with Gasteiger partial charge in [0.2, 0.25) is 5.89 Å². The van der Waals surface area contributed by atoms with E-state index in [1.54, 1.807) is 6.33 Å². The molecule has 4 heterocycles. The van der Waals surface area contributed by atoms with Gasteiger partial charge in [-0.3, -0.25) is 5.32 Å². The maximum absolute atomic E-state index is 5.46. The van der Waals surface area contributed by atoms with Gasteiger partial charge in [0.25, 0.3) is 5.95 Å². The number of likely N-dealkylation sites (N-methyl/N-ethyl adjacent to an activating group) is 1. The number of H-pyrrole nitrogens is 1. The predicted molar refractivity (Wildman–Crippen MR) is 75.9 cm³/mol. The standard InChI is InChI=1S/C13H19N7O/c1-19-2-4-20(5-3-19)13-17-12(21-18-13)10-6-9-11(7-14-10)16-8-15-9/h8,10,14H,2-7H2,1H3,(H,15,16). The number of hydrogen-bond acceptors (Lipinski definition) is 7. The molecular formula is C13H19N7O. The van der Waals surface area contributed by atoms with E-state index in [9.17, 15) is 0 Å². The lowest BCUT2D eigenvalue weighted by Crippen LogP contribution is -2.45. The quantitative estimate of drug-likeness (QED) is 0.800. The van der Waals surface area contributed by atoms with Crippen LogP contribution in [0.25, 0.3) is 0 Å². The number of nitrogens with zero attached hydrogens (tertiary/aromatic N) is 5. The molecule has 1 unspecified atom stereocenters. The molecule has 8 nitrogen and oxygen atoms in total. The number of anilines is 1. The minimum absolute atomic E-state index is 0.0505. The number of rotatable bonds is 2. The van der Waals surface area contributed by atoms with Gasteiger partial charge in [0.1, 0.15) is 0 Å². The Kier molecular flexibility index (Phi) is 3.12. The van der Waals surface area contributed by atoms with Crippen LogP contribution in [0.2, 0.25) is 0 Å². The lowest BCUT2D eigenvalue weighted by molar-refractivity contribution is 0.304. The van der Waals surface area contributed by atoms with Gasteiger partial charge in [-0.05, 0) is 12.2 Å². The molecule has 0 bridgehead atoms. The van der Waals surface area contributed by atoms with Crippen molar-refractivity contribution in [1.82, 2.24) is 30.3 Å². The number of hydrogen-bond donors (Lipinski definition) is 2. The first kappa shape index (κ1) is 12.8. The summed E-state index contributed by atoms with van der Waals surface area (Å²) in [6.07, 6.45) is 2.52. The number of fused-ring (bicyclic) bond motifs is 1. The Labute approximate surface area is 122 Å². The molecule has 21 heavy (non-hydrogen) atoms. The average molecular weight is 289 g/mol. The van der Waals surface area contributed by atoms with E-state index in [2.05, 4.69) is 42.3 Å². The molecule has 2 aliphatic rings. The zero-order chi connectivity index (χ0) is 14.2. The molecule has 1 atom stereocenters. The lowest BCUT2D eigenvalue weighted by Gasteiger charge is -2.31. The number of nitrogens with one attached hydrogen (secondary N) is 2. The second-order valence-corrected chi connectivity index (χ2v) is 5.69. The van der Waals surface area contributed by atoms with Gasteiger partial charge in [-0.1, -0.05) is 0 Å². The van der Waals surface area contributed by atoms with E-state index >= 15 is 0 Å². The van der Waals surface area contributed by atoms with Gasteiger partial charge in [0, 0.05) is 39.1 Å². The van der Waals surface area contributed by atoms with Crippen molar-refractivity contribution < 1.29 is 4.52 Å². The van der Waals surface area contributed by atoms with Gasteiger partial charge < -0.3 is 19.3 Å². The van der Waals surface area contributed by atoms with Crippen LogP contribution in [-0.4, -0.2) is 58.2 Å². The third kappa shape index (κ3) is 2.40. The van der Waals surface area contributed by atoms with Crippen LogP contribution in [0.3, 0.4) is 0 Å². The molecule has 0 amide bonds. The Morgan fingerprint density at radius 2 is 2.14 bits per heavy atom. The minimum Gasteiger partial charge on any atom is -0.347 e. The lowest BCUT2D eigenvalue weighted by atomic mass is 10.1. The van der Waals surface area contributed by atoms with Gasteiger partial charge in [0.15, 0.2) is 0 Å². The van der Waals surface area contributed by atoms with E-state index in [-0.39, 0.29) is 6.04 Å². The summed E-state index contributed by atoms with van der Waals surface area (Å²) >= 11 is 0. The fourth-order valence-corrected chi connectivity index (χ4v) is 2.85. The minimum atomic E-state index is 0.0505. The fourth-order valence-electron chi connectivity index (χ4n) is 2.85. The molecule has 2 aromatic heterocycles. The Morgan fingerprint density at radius 3 is 3.00 bits per heavy atom. The van der Waals surface area contributed by atoms with Crippen molar-refractivity contribution in [2.45, 2.75) is 19.0 Å². The second kappa shape index (κ2) is 5.12. The second-order valence-electron chi connectivity index (χ2n) is 5.69. The highest BCUT2D eigenvalue weighted by molar-refractivity contribution is 5.29. The summed E-state index contributed by atoms with van der Waals surface area (Å²) in [5.41, 5.74) is 2.23. The molecule has 2 N–H and O–H groups in total. The van der Waals surface area contributed by atoms with Gasteiger partial charge in [-0.15, -0.1) is 0 Å². The van der Waals surface area contributed by atoms with Crippen molar-refractivity contribution in [3.63, 3.8) is 0 Å². The maximum Gasteiger partial charge on any atom is 0.266 e. The maximum atomic E-state index is 5.46. The van der Waals surface area contributed by atoms with E-state index in [4.69, 9.17) is 4.52 Å². The molecule has 0 spiro atoms. The van der Waals surface area contributed by atoms with Crippen LogP contribution in [0.5, 0.6) is 0 Å². The highest BCUT2D eigenvalue weighted by Gasteiger charge is 2.27. The van der Waals surface area contributed by atoms with Crippen molar-refractivity contribution >= 4 is 5.95 Å². The molecule has 0 aliphatic carbocycles. The van der Waals surface area contributed by atoms with E-state index < -0.39 is 0 Å². The van der Waals surface area contributed by atoms with Crippen molar-refractivity contribution in [1.29, 1.82) is 0 Å². The number of aromatic nitrogens is 4. The van der Waals surface area contributed by atoms with Gasteiger partial charge in [-0.2, -0.15) is 4.98 Å². The van der Waals surface area contributed by atoms with Crippen LogP contribution in [0, 0.1) is 0 Å². The van der Waals surface area contributed by atoms with E-state index in [1.165, 1.54) is 0 Å². The molecule has 0 aromatic carbocycles. The normalized spacial score (nSPS) is 23.3. The van der Waals surface area contributed by atoms with Crippen LogP contribution < -0.4 is 10.2 Å². The molecule has 1 saturated heterocycles. The van der Waals surface area contributed by atoms with Crippen LogP contribution >= 0.6 is 0 Å². The van der Waals surface area contributed by atoms with Gasteiger partial charge in [-0.25, -0.2) is 4.98 Å². The summed E-state index contributed by atoms with van der Waals surface area (Å²) in [5, 5.41) is 7.54. The molecule has 2 aromatic rings. The third-order valence-electron chi connectivity index (χ3n) is 4.25. The average Bonchev–Trinajstić information content (AvgIpc) is 3.16. The predicted octanol–water partition coefficient (Wildman–Crippen LogP) is -0.0685. The van der Waals surface area contributed by atoms with Crippen molar-refractivity contribution in [3.05, 3.63) is 23.6 Å². The molecule has 4 rings (SSSR count). The van der Waals surface area contributed by atoms with Crippen LogP contribution in [0.1, 0.15) is 23.3 Å². The first-order chi connectivity index (χ1) is 10.3. The first-order valence-electron chi connectivity index (χ1n) is 7.31. The molecule has 0 saturated carbocycles. The molecule has 8 heteroatoms. The third-order valence-corrected chi connectivity index (χ3v) is 4.25. The summed E-state index contributed by atoms with van der Waals surface area (Å²) in [5.74, 6) is 1.35. The fraction of sp³-hybridized carbons (Fsp3) is 0.615. The molecule has 1 fully saturated rings. The monoisotopic (exact) mass is 289 g/mol. The van der Waals surface area contributed by atoms with Crippen molar-refractivity contribution in [3.8, 4) is 0 Å². The zero-order valence-electron chi connectivity index (χ0n) is 12.0. The Hall–Kier alpha value is -1.93. The molecular weight excluding hydrogens is 270 g/mol.